The first-order valence-corrected chi connectivity index (χ1v) is 8.14. The fourth-order valence-electron chi connectivity index (χ4n) is 2.49. The number of hydrogen-bond donors (Lipinski definition) is 2. The Morgan fingerprint density at radius 2 is 1.85 bits per heavy atom. The van der Waals surface area contributed by atoms with E-state index in [1.165, 1.54) is 23.9 Å². The lowest BCUT2D eigenvalue weighted by atomic mass is 10.1. The van der Waals surface area contributed by atoms with Gasteiger partial charge in [0, 0.05) is 11.8 Å². The number of benzene rings is 2. The van der Waals surface area contributed by atoms with Crippen LogP contribution in [0.25, 0.3) is 0 Å². The van der Waals surface area contributed by atoms with Crippen molar-refractivity contribution in [3.05, 3.63) is 83.7 Å². The summed E-state index contributed by atoms with van der Waals surface area (Å²) in [6, 6.07) is 14.1. The van der Waals surface area contributed by atoms with Gasteiger partial charge in [-0.1, -0.05) is 25.1 Å². The Morgan fingerprint density at radius 3 is 2.54 bits per heavy atom. The topological polar surface area (TPSA) is 54.0 Å². The predicted molar refractivity (Wildman–Crippen MR) is 97.7 cm³/mol. The number of para-hydroxylation sites is 1. The van der Waals surface area contributed by atoms with Gasteiger partial charge >= 0.3 is 0 Å². The molecule has 0 spiro atoms. The molecule has 1 amide bonds. The Bertz CT molecular complexity index is 927. The number of nitrogens with zero attached hydrogens (tertiary/aromatic N) is 1. The molecule has 2 aromatic carbocycles. The molecule has 0 bridgehead atoms. The Hall–Kier alpha value is -3.28. The molecule has 26 heavy (non-hydrogen) atoms. The second kappa shape index (κ2) is 7.74. The summed E-state index contributed by atoms with van der Waals surface area (Å²) in [5.74, 6) is -2.12. The van der Waals surface area contributed by atoms with E-state index >= 15 is 0 Å². The molecule has 0 aliphatic rings. The Balaban J connectivity index is 1.71. The van der Waals surface area contributed by atoms with Crippen molar-refractivity contribution in [2.45, 2.75) is 13.3 Å². The average molecular weight is 353 g/mol. The lowest BCUT2D eigenvalue weighted by Crippen LogP contribution is -2.14. The van der Waals surface area contributed by atoms with E-state index in [-0.39, 0.29) is 11.4 Å². The number of aromatic nitrogens is 1. The normalized spacial score (nSPS) is 10.4. The molecule has 4 nitrogen and oxygen atoms in total. The van der Waals surface area contributed by atoms with E-state index in [2.05, 4.69) is 22.5 Å². The van der Waals surface area contributed by atoms with Crippen molar-refractivity contribution in [1.29, 1.82) is 0 Å². The zero-order valence-electron chi connectivity index (χ0n) is 14.1. The highest BCUT2D eigenvalue weighted by molar-refractivity contribution is 6.03. The van der Waals surface area contributed by atoms with Crippen LogP contribution >= 0.6 is 0 Å². The molecule has 132 valence electrons. The maximum Gasteiger partial charge on any atom is 0.274 e. The van der Waals surface area contributed by atoms with Crippen LogP contribution in [-0.2, 0) is 6.42 Å². The molecule has 0 fully saturated rings. The van der Waals surface area contributed by atoms with Gasteiger partial charge in [-0.05, 0) is 42.3 Å². The van der Waals surface area contributed by atoms with Gasteiger partial charge in [0.1, 0.15) is 17.3 Å². The zero-order valence-corrected chi connectivity index (χ0v) is 14.1. The highest BCUT2D eigenvalue weighted by Gasteiger charge is 2.11. The fraction of sp³-hybridized carbons (Fsp3) is 0.100. The Kier molecular flexibility index (Phi) is 5.22. The van der Waals surface area contributed by atoms with Gasteiger partial charge in [-0.3, -0.25) is 4.79 Å². The Labute approximate surface area is 149 Å². The minimum absolute atomic E-state index is 0.0997. The summed E-state index contributed by atoms with van der Waals surface area (Å²) < 4.78 is 26.5. The van der Waals surface area contributed by atoms with Gasteiger partial charge in [0.15, 0.2) is 0 Å². The van der Waals surface area contributed by atoms with E-state index in [1.54, 1.807) is 6.07 Å². The third kappa shape index (κ3) is 4.03. The number of amides is 1. The van der Waals surface area contributed by atoms with Crippen LogP contribution in [0, 0.1) is 11.6 Å². The van der Waals surface area contributed by atoms with E-state index < -0.39 is 17.5 Å². The van der Waals surface area contributed by atoms with Gasteiger partial charge in [-0.2, -0.15) is 0 Å². The lowest BCUT2D eigenvalue weighted by molar-refractivity contribution is 0.102. The van der Waals surface area contributed by atoms with Crippen molar-refractivity contribution in [2.75, 3.05) is 10.6 Å². The van der Waals surface area contributed by atoms with Crippen LogP contribution in [0.3, 0.4) is 0 Å². The van der Waals surface area contributed by atoms with Crippen molar-refractivity contribution in [1.82, 2.24) is 4.98 Å². The van der Waals surface area contributed by atoms with Gasteiger partial charge < -0.3 is 10.6 Å². The van der Waals surface area contributed by atoms with Crippen LogP contribution in [0.5, 0.6) is 0 Å². The molecule has 6 heteroatoms. The number of carbonyl (C=O) groups is 1. The van der Waals surface area contributed by atoms with Crippen LogP contribution in [0.15, 0.2) is 60.8 Å². The summed E-state index contributed by atoms with van der Waals surface area (Å²) in [7, 11) is 0. The van der Waals surface area contributed by atoms with E-state index in [4.69, 9.17) is 0 Å². The summed E-state index contributed by atoms with van der Waals surface area (Å²) in [6.07, 6.45) is 2.42. The molecule has 0 unspecified atom stereocenters. The van der Waals surface area contributed by atoms with Crippen LogP contribution in [-0.4, -0.2) is 10.9 Å². The molecule has 3 rings (SSSR count). The molecule has 1 aromatic heterocycles. The number of rotatable bonds is 5. The summed E-state index contributed by atoms with van der Waals surface area (Å²) in [4.78, 5) is 16.3. The number of pyridine rings is 1. The number of carbonyl (C=O) groups excluding carboxylic acids is 1. The SMILES string of the molecule is CCc1ccccc1Nc1ccc(C(=O)Nc2ccc(F)cc2F)nc1. The van der Waals surface area contributed by atoms with Crippen LogP contribution in [0.2, 0.25) is 0 Å². The molecular formula is C20H17F2N3O. The van der Waals surface area contributed by atoms with E-state index in [0.29, 0.717) is 6.07 Å². The van der Waals surface area contributed by atoms with Gasteiger partial charge in [0.05, 0.1) is 17.6 Å². The molecule has 0 saturated heterocycles. The first kappa shape index (κ1) is 17.5. The van der Waals surface area contributed by atoms with Crippen LogP contribution in [0.4, 0.5) is 25.8 Å². The van der Waals surface area contributed by atoms with Crippen molar-refractivity contribution in [3.8, 4) is 0 Å². The molecule has 0 aliphatic carbocycles. The van der Waals surface area contributed by atoms with Crippen LogP contribution < -0.4 is 10.6 Å². The first-order valence-electron chi connectivity index (χ1n) is 8.14. The molecule has 2 N–H and O–H groups in total. The Morgan fingerprint density at radius 1 is 1.04 bits per heavy atom. The van der Waals surface area contributed by atoms with E-state index in [9.17, 15) is 13.6 Å². The number of anilines is 3. The minimum Gasteiger partial charge on any atom is -0.354 e. The maximum absolute atomic E-state index is 13.6. The molecule has 0 atom stereocenters. The molecule has 0 radical (unpaired) electrons. The number of halogens is 2. The van der Waals surface area contributed by atoms with Crippen molar-refractivity contribution < 1.29 is 13.6 Å². The van der Waals surface area contributed by atoms with Gasteiger partial charge in [-0.15, -0.1) is 0 Å². The van der Waals surface area contributed by atoms with Gasteiger partial charge in [0.25, 0.3) is 5.91 Å². The standard InChI is InChI=1S/C20H17F2N3O/c1-2-13-5-3-4-6-17(13)24-15-8-10-19(23-12-15)20(26)25-18-9-7-14(21)11-16(18)22/h3-12,24H,2H2,1H3,(H,25,26). The largest absolute Gasteiger partial charge is 0.354 e. The summed E-state index contributed by atoms with van der Waals surface area (Å²) in [5, 5.41) is 5.64. The highest BCUT2D eigenvalue weighted by Crippen LogP contribution is 2.21. The van der Waals surface area contributed by atoms with Crippen molar-refractivity contribution >= 4 is 23.0 Å². The van der Waals surface area contributed by atoms with Gasteiger partial charge in [0.2, 0.25) is 0 Å². The summed E-state index contributed by atoms with van der Waals surface area (Å²) >= 11 is 0. The third-order valence-corrected chi connectivity index (χ3v) is 3.85. The second-order valence-corrected chi connectivity index (χ2v) is 5.65. The lowest BCUT2D eigenvalue weighted by Gasteiger charge is -2.11. The second-order valence-electron chi connectivity index (χ2n) is 5.65. The third-order valence-electron chi connectivity index (χ3n) is 3.85. The molecule has 0 aliphatic heterocycles. The summed E-state index contributed by atoms with van der Waals surface area (Å²) in [5.41, 5.74) is 2.90. The first-order chi connectivity index (χ1) is 12.6. The molecule has 3 aromatic rings. The van der Waals surface area contributed by atoms with Gasteiger partial charge in [-0.25, -0.2) is 13.8 Å². The quantitative estimate of drug-likeness (QED) is 0.685. The van der Waals surface area contributed by atoms with Crippen molar-refractivity contribution in [3.63, 3.8) is 0 Å². The average Bonchev–Trinajstić information content (AvgIpc) is 2.65. The monoisotopic (exact) mass is 353 g/mol. The molecule has 0 saturated carbocycles. The maximum atomic E-state index is 13.6. The van der Waals surface area contributed by atoms with Crippen molar-refractivity contribution in [2.24, 2.45) is 0 Å². The van der Waals surface area contributed by atoms with Crippen LogP contribution in [0.1, 0.15) is 23.0 Å². The number of hydrogen-bond acceptors (Lipinski definition) is 3. The minimum atomic E-state index is -0.840. The van der Waals surface area contributed by atoms with E-state index in [0.717, 1.165) is 23.9 Å². The molecular weight excluding hydrogens is 336 g/mol. The number of nitrogens with one attached hydrogen (secondary N) is 2. The zero-order chi connectivity index (χ0) is 18.5. The highest BCUT2D eigenvalue weighted by atomic mass is 19.1. The molecule has 1 heterocycles. The smallest absolute Gasteiger partial charge is 0.274 e. The van der Waals surface area contributed by atoms with E-state index in [1.807, 2.05) is 24.3 Å². The predicted octanol–water partition coefficient (Wildman–Crippen LogP) is 4.92. The summed E-state index contributed by atoms with van der Waals surface area (Å²) in [6.45, 7) is 2.07. The fourth-order valence-corrected chi connectivity index (χ4v) is 2.49. The number of aryl methyl sites for hydroxylation is 1.